The number of benzene rings is 2. The summed E-state index contributed by atoms with van der Waals surface area (Å²) in [5, 5.41) is 11.1. The van der Waals surface area contributed by atoms with Crippen LogP contribution in [0.4, 0.5) is 27.6 Å². The Morgan fingerprint density at radius 3 is 2.44 bits per heavy atom. The van der Waals surface area contributed by atoms with Gasteiger partial charge >= 0.3 is 12.3 Å². The lowest BCUT2D eigenvalue weighted by atomic mass is 10.0. The number of para-hydroxylation sites is 1. The monoisotopic (exact) mass is 525 g/mol. The van der Waals surface area contributed by atoms with E-state index in [9.17, 15) is 22.0 Å². The van der Waals surface area contributed by atoms with Gasteiger partial charge in [0.25, 0.3) is 0 Å². The van der Waals surface area contributed by atoms with Crippen molar-refractivity contribution in [3.8, 4) is 11.4 Å². The Bertz CT molecular complexity index is 1190. The standard InChI is InChI=1S/C24H24F5N5OS/c1-16(2)19-7-3-4-8-20(19)32-22(36)30-14-6-5-9-21-31-15-34(33-21)17-10-12-18(13-11-17)35-24(28,29)23(25,26)27/h3-5,7-13,15-16H,6,14H2,1-2H3,(H2,30,32,36)/b9-5+. The van der Waals surface area contributed by atoms with E-state index in [0.29, 0.717) is 35.5 Å². The van der Waals surface area contributed by atoms with Gasteiger partial charge in [0.1, 0.15) is 12.1 Å². The first-order valence-electron chi connectivity index (χ1n) is 10.9. The Morgan fingerprint density at radius 1 is 1.08 bits per heavy atom. The van der Waals surface area contributed by atoms with E-state index in [-0.39, 0.29) is 0 Å². The summed E-state index contributed by atoms with van der Waals surface area (Å²) in [5.74, 6) is 0.122. The van der Waals surface area contributed by atoms with E-state index in [1.807, 2.05) is 24.3 Å². The van der Waals surface area contributed by atoms with Crippen LogP contribution in [0.2, 0.25) is 0 Å². The van der Waals surface area contributed by atoms with Crippen LogP contribution < -0.4 is 15.4 Å². The van der Waals surface area contributed by atoms with Crippen LogP contribution in [-0.4, -0.2) is 38.7 Å². The fraction of sp³-hybridized carbons (Fsp3) is 0.292. The normalized spacial score (nSPS) is 12.2. The molecule has 0 aliphatic heterocycles. The molecule has 0 fully saturated rings. The first-order chi connectivity index (χ1) is 17.0. The maximum Gasteiger partial charge on any atom is 0.499 e. The van der Waals surface area contributed by atoms with Gasteiger partial charge in [-0.05, 0) is 66.5 Å². The fourth-order valence-electron chi connectivity index (χ4n) is 3.09. The van der Waals surface area contributed by atoms with E-state index < -0.39 is 18.0 Å². The van der Waals surface area contributed by atoms with Crippen molar-refractivity contribution < 1.29 is 26.7 Å². The average Bonchev–Trinajstić information content (AvgIpc) is 3.27. The number of alkyl halides is 5. The minimum Gasteiger partial charge on any atom is -0.426 e. The minimum atomic E-state index is -5.81. The number of aromatic nitrogens is 3. The van der Waals surface area contributed by atoms with Crippen molar-refractivity contribution in [2.24, 2.45) is 0 Å². The average molecular weight is 526 g/mol. The quantitative estimate of drug-likeness (QED) is 0.194. The zero-order valence-electron chi connectivity index (χ0n) is 19.4. The molecule has 0 bridgehead atoms. The first kappa shape index (κ1) is 27.1. The van der Waals surface area contributed by atoms with Crippen LogP contribution in [-0.2, 0) is 0 Å². The van der Waals surface area contributed by atoms with Crippen LogP contribution in [0.1, 0.15) is 37.6 Å². The molecule has 0 spiro atoms. The Kier molecular flexibility index (Phi) is 8.62. The molecule has 0 amide bonds. The highest BCUT2D eigenvalue weighted by molar-refractivity contribution is 7.80. The molecule has 3 rings (SSSR count). The van der Waals surface area contributed by atoms with E-state index in [1.54, 1.807) is 6.08 Å². The molecule has 0 aliphatic rings. The van der Waals surface area contributed by atoms with Gasteiger partial charge in [0.2, 0.25) is 0 Å². The van der Waals surface area contributed by atoms with Gasteiger partial charge in [-0.25, -0.2) is 9.67 Å². The third kappa shape index (κ3) is 7.23. The first-order valence-corrected chi connectivity index (χ1v) is 11.3. The maximum absolute atomic E-state index is 13.0. The van der Waals surface area contributed by atoms with Crippen molar-refractivity contribution in [1.29, 1.82) is 0 Å². The molecule has 2 N–H and O–H groups in total. The molecule has 1 heterocycles. The summed E-state index contributed by atoms with van der Waals surface area (Å²) in [7, 11) is 0. The van der Waals surface area contributed by atoms with Gasteiger partial charge in [0, 0.05) is 12.2 Å². The highest BCUT2D eigenvalue weighted by atomic mass is 32.1. The molecular formula is C24H24F5N5OS. The Hall–Kier alpha value is -3.54. The van der Waals surface area contributed by atoms with Gasteiger partial charge in [-0.3, -0.25) is 0 Å². The molecule has 0 atom stereocenters. The molecule has 0 unspecified atom stereocenters. The Morgan fingerprint density at radius 2 is 1.78 bits per heavy atom. The summed E-state index contributed by atoms with van der Waals surface area (Å²) < 4.78 is 67.9. The van der Waals surface area contributed by atoms with Crippen LogP contribution in [0, 0.1) is 0 Å². The highest BCUT2D eigenvalue weighted by Crippen LogP contribution is 2.37. The second-order valence-corrected chi connectivity index (χ2v) is 8.38. The van der Waals surface area contributed by atoms with Gasteiger partial charge in [0.15, 0.2) is 10.9 Å². The van der Waals surface area contributed by atoms with Gasteiger partial charge in [-0.15, -0.1) is 5.10 Å². The fourth-order valence-corrected chi connectivity index (χ4v) is 3.30. The summed E-state index contributed by atoms with van der Waals surface area (Å²) in [6.07, 6.45) is -5.51. The van der Waals surface area contributed by atoms with Crippen LogP contribution >= 0.6 is 12.2 Å². The molecule has 3 aromatic rings. The molecule has 0 radical (unpaired) electrons. The van der Waals surface area contributed by atoms with Gasteiger partial charge < -0.3 is 15.4 Å². The number of rotatable bonds is 9. The molecule has 1 aromatic heterocycles. The predicted octanol–water partition coefficient (Wildman–Crippen LogP) is 6.31. The molecule has 12 heteroatoms. The van der Waals surface area contributed by atoms with Crippen molar-refractivity contribution in [3.05, 3.63) is 72.3 Å². The third-order valence-electron chi connectivity index (χ3n) is 4.88. The number of anilines is 1. The van der Waals surface area contributed by atoms with Gasteiger partial charge in [-0.1, -0.05) is 38.1 Å². The predicted molar refractivity (Wildman–Crippen MR) is 131 cm³/mol. The molecular weight excluding hydrogens is 501 g/mol. The lowest BCUT2D eigenvalue weighted by Gasteiger charge is -2.20. The van der Waals surface area contributed by atoms with E-state index in [0.717, 1.165) is 17.8 Å². The number of nitrogens with one attached hydrogen (secondary N) is 2. The van der Waals surface area contributed by atoms with Crippen molar-refractivity contribution in [2.75, 3.05) is 11.9 Å². The second-order valence-electron chi connectivity index (χ2n) is 7.97. The summed E-state index contributed by atoms with van der Waals surface area (Å²) in [5.41, 5.74) is 2.54. The van der Waals surface area contributed by atoms with E-state index in [4.69, 9.17) is 12.2 Å². The number of ether oxygens (including phenoxy) is 1. The Balaban J connectivity index is 1.48. The SMILES string of the molecule is CC(C)c1ccccc1NC(=S)NCC/C=C/c1ncn(-c2ccc(OC(F)(F)C(F)(F)F)cc2)n1. The molecule has 0 saturated heterocycles. The second kappa shape index (κ2) is 11.5. The Labute approximate surface area is 210 Å². The van der Waals surface area contributed by atoms with Gasteiger partial charge in [0.05, 0.1) is 5.69 Å². The zero-order chi connectivity index (χ0) is 26.3. The number of halogens is 5. The summed E-state index contributed by atoms with van der Waals surface area (Å²) in [6, 6.07) is 12.5. The van der Waals surface area contributed by atoms with E-state index >= 15 is 0 Å². The summed E-state index contributed by atoms with van der Waals surface area (Å²) in [4.78, 5) is 4.13. The van der Waals surface area contributed by atoms with Crippen molar-refractivity contribution in [1.82, 2.24) is 20.1 Å². The lowest BCUT2D eigenvalue weighted by Crippen LogP contribution is -2.41. The minimum absolute atomic E-state index is 0.358. The highest BCUT2D eigenvalue weighted by Gasteiger charge is 2.61. The molecule has 0 saturated carbocycles. The van der Waals surface area contributed by atoms with Crippen molar-refractivity contribution >= 4 is 29.1 Å². The van der Waals surface area contributed by atoms with Gasteiger partial charge in [-0.2, -0.15) is 22.0 Å². The van der Waals surface area contributed by atoms with Crippen LogP contribution in [0.3, 0.4) is 0 Å². The zero-order valence-corrected chi connectivity index (χ0v) is 20.2. The molecule has 2 aromatic carbocycles. The number of nitrogens with zero attached hydrogens (tertiary/aromatic N) is 3. The topological polar surface area (TPSA) is 64.0 Å². The smallest absolute Gasteiger partial charge is 0.426 e. The van der Waals surface area contributed by atoms with Crippen molar-refractivity contribution in [2.45, 2.75) is 38.5 Å². The third-order valence-corrected chi connectivity index (χ3v) is 5.13. The van der Waals surface area contributed by atoms with E-state index in [2.05, 4.69) is 45.4 Å². The van der Waals surface area contributed by atoms with E-state index in [1.165, 1.54) is 28.7 Å². The number of hydrogen-bond acceptors (Lipinski definition) is 4. The number of thiocarbonyl (C=S) groups is 1. The van der Waals surface area contributed by atoms with Crippen LogP contribution in [0.15, 0.2) is 60.9 Å². The maximum atomic E-state index is 13.0. The molecule has 192 valence electrons. The van der Waals surface area contributed by atoms with Crippen LogP contribution in [0.5, 0.6) is 5.75 Å². The summed E-state index contributed by atoms with van der Waals surface area (Å²) in [6.45, 7) is 4.80. The lowest BCUT2D eigenvalue weighted by molar-refractivity contribution is -0.360. The molecule has 6 nitrogen and oxygen atoms in total. The van der Waals surface area contributed by atoms with Crippen molar-refractivity contribution in [3.63, 3.8) is 0 Å². The molecule has 0 aliphatic carbocycles. The van der Waals surface area contributed by atoms with Crippen LogP contribution in [0.25, 0.3) is 11.8 Å². The molecule has 36 heavy (non-hydrogen) atoms. The number of hydrogen-bond donors (Lipinski definition) is 2. The summed E-state index contributed by atoms with van der Waals surface area (Å²) >= 11 is 5.36. The largest absolute Gasteiger partial charge is 0.499 e.